The largest absolute Gasteiger partial charge is 0.466 e. The second-order valence-corrected chi connectivity index (χ2v) is 4.53. The fourth-order valence-electron chi connectivity index (χ4n) is 2.13. The predicted molar refractivity (Wildman–Crippen MR) is 88.0 cm³/mol. The molecule has 0 bridgehead atoms. The van der Waals surface area contributed by atoms with Crippen LogP contribution >= 0.6 is 24.0 Å². The Morgan fingerprint density at radius 2 is 2.05 bits per heavy atom. The van der Waals surface area contributed by atoms with Crippen LogP contribution in [0.25, 0.3) is 0 Å². The molecule has 0 spiro atoms. The highest BCUT2D eigenvalue weighted by Gasteiger charge is 2.15. The summed E-state index contributed by atoms with van der Waals surface area (Å²) < 4.78 is 4.87. The van der Waals surface area contributed by atoms with Crippen molar-refractivity contribution in [3.63, 3.8) is 0 Å². The minimum absolute atomic E-state index is 0. The fourth-order valence-corrected chi connectivity index (χ4v) is 2.13. The van der Waals surface area contributed by atoms with Crippen LogP contribution in [-0.4, -0.2) is 38.2 Å². The Kier molecular flexibility index (Phi) is 11.0. The quantitative estimate of drug-likeness (QED) is 0.242. The van der Waals surface area contributed by atoms with E-state index in [1.807, 2.05) is 6.92 Å². The maximum atomic E-state index is 11.1. The van der Waals surface area contributed by atoms with Crippen molar-refractivity contribution >= 4 is 35.9 Å². The Bertz CT molecular complexity index is 279. The number of guanidine groups is 1. The van der Waals surface area contributed by atoms with E-state index >= 15 is 0 Å². The minimum Gasteiger partial charge on any atom is -0.466 e. The zero-order valence-electron chi connectivity index (χ0n) is 11.9. The van der Waals surface area contributed by atoms with E-state index in [1.165, 1.54) is 25.7 Å². The number of rotatable bonds is 6. The van der Waals surface area contributed by atoms with Crippen molar-refractivity contribution in [1.29, 1.82) is 0 Å². The predicted octanol–water partition coefficient (Wildman–Crippen LogP) is 2.06. The molecule has 0 aliphatic heterocycles. The maximum Gasteiger partial charge on any atom is 0.305 e. The highest BCUT2D eigenvalue weighted by Crippen LogP contribution is 2.17. The molecule has 6 heteroatoms. The van der Waals surface area contributed by atoms with Gasteiger partial charge in [0.1, 0.15) is 0 Å². The summed E-state index contributed by atoms with van der Waals surface area (Å²) in [5.41, 5.74) is 0. The van der Waals surface area contributed by atoms with Crippen molar-refractivity contribution < 1.29 is 9.53 Å². The zero-order valence-corrected chi connectivity index (χ0v) is 14.2. The maximum absolute atomic E-state index is 11.1. The van der Waals surface area contributed by atoms with Crippen LogP contribution in [0.1, 0.15) is 45.4 Å². The molecule has 0 aromatic heterocycles. The normalized spacial score (nSPS) is 15.8. The number of hydrogen-bond donors (Lipinski definition) is 2. The van der Waals surface area contributed by atoms with Gasteiger partial charge in [-0.05, 0) is 26.2 Å². The van der Waals surface area contributed by atoms with Crippen molar-refractivity contribution in [3.05, 3.63) is 0 Å². The molecule has 2 N–H and O–H groups in total. The standard InChI is InChI=1S/C13H25N3O2.HI/c1-3-18-12(17)9-6-10-15-13(14-2)16-11-7-4-5-8-11;/h11H,3-10H2,1-2H3,(H2,14,15,16);1H. The SMILES string of the molecule is CCOC(=O)CCCNC(=NC)NC1CCCC1.I. The lowest BCUT2D eigenvalue weighted by molar-refractivity contribution is -0.143. The monoisotopic (exact) mass is 383 g/mol. The van der Waals surface area contributed by atoms with E-state index in [-0.39, 0.29) is 29.9 Å². The molecular weight excluding hydrogens is 357 g/mol. The molecule has 1 rings (SSSR count). The lowest BCUT2D eigenvalue weighted by atomic mass is 10.2. The number of carbonyl (C=O) groups is 1. The molecule has 0 radical (unpaired) electrons. The van der Waals surface area contributed by atoms with Gasteiger partial charge in [0.15, 0.2) is 5.96 Å². The second kappa shape index (κ2) is 11.3. The number of hydrogen-bond acceptors (Lipinski definition) is 3. The van der Waals surface area contributed by atoms with Crippen LogP contribution in [0, 0.1) is 0 Å². The van der Waals surface area contributed by atoms with Gasteiger partial charge in [0.2, 0.25) is 0 Å². The fraction of sp³-hybridized carbons (Fsp3) is 0.846. The second-order valence-electron chi connectivity index (χ2n) is 4.53. The van der Waals surface area contributed by atoms with Gasteiger partial charge >= 0.3 is 5.97 Å². The number of aliphatic imine (C=N–C) groups is 1. The van der Waals surface area contributed by atoms with E-state index in [4.69, 9.17) is 4.74 Å². The Morgan fingerprint density at radius 1 is 1.37 bits per heavy atom. The summed E-state index contributed by atoms with van der Waals surface area (Å²) in [7, 11) is 1.77. The van der Waals surface area contributed by atoms with Crippen LogP contribution < -0.4 is 10.6 Å². The summed E-state index contributed by atoms with van der Waals surface area (Å²) in [6.45, 7) is 3.02. The summed E-state index contributed by atoms with van der Waals surface area (Å²) in [6, 6.07) is 0.557. The number of nitrogens with zero attached hydrogens (tertiary/aromatic N) is 1. The molecule has 1 fully saturated rings. The molecule has 0 atom stereocenters. The first-order valence-electron chi connectivity index (χ1n) is 6.89. The first-order valence-corrected chi connectivity index (χ1v) is 6.89. The summed E-state index contributed by atoms with van der Waals surface area (Å²) in [6.07, 6.45) is 6.29. The van der Waals surface area contributed by atoms with E-state index in [1.54, 1.807) is 7.05 Å². The smallest absolute Gasteiger partial charge is 0.305 e. The molecule has 0 heterocycles. The van der Waals surface area contributed by atoms with Crippen LogP contribution in [0.2, 0.25) is 0 Å². The van der Waals surface area contributed by atoms with Gasteiger partial charge in [-0.1, -0.05) is 12.8 Å². The highest BCUT2D eigenvalue weighted by atomic mass is 127. The molecule has 112 valence electrons. The van der Waals surface area contributed by atoms with Crippen molar-refractivity contribution in [3.8, 4) is 0 Å². The average Bonchev–Trinajstić information content (AvgIpc) is 2.86. The summed E-state index contributed by atoms with van der Waals surface area (Å²) in [4.78, 5) is 15.3. The summed E-state index contributed by atoms with van der Waals surface area (Å²) >= 11 is 0. The van der Waals surface area contributed by atoms with Gasteiger partial charge in [-0.15, -0.1) is 24.0 Å². The van der Waals surface area contributed by atoms with Gasteiger partial charge in [0.25, 0.3) is 0 Å². The molecule has 0 aromatic carbocycles. The van der Waals surface area contributed by atoms with Gasteiger partial charge in [0, 0.05) is 26.1 Å². The van der Waals surface area contributed by atoms with Crippen molar-refractivity contribution in [2.75, 3.05) is 20.2 Å². The van der Waals surface area contributed by atoms with Crippen LogP contribution in [0.4, 0.5) is 0 Å². The Morgan fingerprint density at radius 3 is 2.63 bits per heavy atom. The Hall–Kier alpha value is -0.530. The summed E-state index contributed by atoms with van der Waals surface area (Å²) in [5, 5.41) is 6.63. The van der Waals surface area contributed by atoms with Crippen LogP contribution in [0.3, 0.4) is 0 Å². The number of esters is 1. The molecule has 1 aliphatic carbocycles. The molecule has 1 aliphatic rings. The topological polar surface area (TPSA) is 62.7 Å². The van der Waals surface area contributed by atoms with Crippen molar-refractivity contribution in [1.82, 2.24) is 10.6 Å². The third-order valence-electron chi connectivity index (χ3n) is 3.08. The molecule has 1 saturated carbocycles. The minimum atomic E-state index is -0.127. The van der Waals surface area contributed by atoms with Crippen molar-refractivity contribution in [2.45, 2.75) is 51.5 Å². The van der Waals surface area contributed by atoms with Gasteiger partial charge in [-0.25, -0.2) is 0 Å². The number of carbonyl (C=O) groups excluding carboxylic acids is 1. The lowest BCUT2D eigenvalue weighted by Crippen LogP contribution is -2.42. The van der Waals surface area contributed by atoms with Gasteiger partial charge in [-0.3, -0.25) is 9.79 Å². The molecule has 5 nitrogen and oxygen atoms in total. The van der Waals surface area contributed by atoms with Crippen molar-refractivity contribution in [2.24, 2.45) is 4.99 Å². The highest BCUT2D eigenvalue weighted by molar-refractivity contribution is 14.0. The van der Waals surface area contributed by atoms with E-state index in [9.17, 15) is 4.79 Å². The molecule has 0 aromatic rings. The molecule has 0 saturated heterocycles. The number of nitrogens with one attached hydrogen (secondary N) is 2. The van der Waals surface area contributed by atoms with Crippen LogP contribution in [-0.2, 0) is 9.53 Å². The number of halogens is 1. The molecule has 0 unspecified atom stereocenters. The van der Waals surface area contributed by atoms with Gasteiger partial charge < -0.3 is 15.4 Å². The van der Waals surface area contributed by atoms with E-state index < -0.39 is 0 Å². The Labute approximate surface area is 133 Å². The molecule has 0 amide bonds. The van der Waals surface area contributed by atoms with Gasteiger partial charge in [-0.2, -0.15) is 0 Å². The lowest BCUT2D eigenvalue weighted by Gasteiger charge is -2.16. The van der Waals surface area contributed by atoms with Crippen LogP contribution in [0.15, 0.2) is 4.99 Å². The third-order valence-corrected chi connectivity index (χ3v) is 3.08. The van der Waals surface area contributed by atoms with E-state index in [0.29, 0.717) is 19.1 Å². The van der Waals surface area contributed by atoms with E-state index in [2.05, 4.69) is 15.6 Å². The molecule has 19 heavy (non-hydrogen) atoms. The Balaban J connectivity index is 0.00000324. The first kappa shape index (κ1) is 18.5. The van der Waals surface area contributed by atoms with E-state index in [0.717, 1.165) is 18.9 Å². The molecular formula is C13H26IN3O2. The zero-order chi connectivity index (χ0) is 13.2. The van der Waals surface area contributed by atoms with Crippen LogP contribution in [0.5, 0.6) is 0 Å². The number of ether oxygens (including phenoxy) is 1. The average molecular weight is 383 g/mol. The first-order chi connectivity index (χ1) is 8.76. The summed E-state index contributed by atoms with van der Waals surface area (Å²) in [5.74, 6) is 0.712. The third kappa shape index (κ3) is 8.28. The van der Waals surface area contributed by atoms with Gasteiger partial charge in [0.05, 0.1) is 6.61 Å².